The van der Waals surface area contributed by atoms with Gasteiger partial charge >= 0.3 is 0 Å². The van der Waals surface area contributed by atoms with Crippen molar-refractivity contribution in [2.24, 2.45) is 5.41 Å². The number of likely N-dealkylation sites (N-methyl/N-ethyl adjacent to an activating group) is 1. The molecule has 0 amide bonds. The number of nitrogens with zero attached hydrogens (tertiary/aromatic N) is 2. The molecule has 7 heteroatoms. The van der Waals surface area contributed by atoms with Crippen LogP contribution in [0.1, 0.15) is 32.6 Å². The maximum Gasteiger partial charge on any atom is 0.214 e. The van der Waals surface area contributed by atoms with Crippen LogP contribution in [0.2, 0.25) is 0 Å². The predicted octanol–water partition coefficient (Wildman–Crippen LogP) is 1.18. The molecule has 2 aliphatic rings. The van der Waals surface area contributed by atoms with E-state index in [1.54, 1.807) is 4.31 Å². The average Bonchev–Trinajstić information content (AvgIpc) is 2.51. The Bertz CT molecular complexity index is 469. The molecule has 0 aromatic rings. The van der Waals surface area contributed by atoms with Gasteiger partial charge in [0.25, 0.3) is 0 Å². The minimum Gasteiger partial charge on any atom is -0.379 e. The van der Waals surface area contributed by atoms with Crippen molar-refractivity contribution in [3.05, 3.63) is 0 Å². The van der Waals surface area contributed by atoms with E-state index in [1.165, 1.54) is 0 Å². The molecule has 23 heavy (non-hydrogen) atoms. The third-order valence-electron chi connectivity index (χ3n) is 4.88. The van der Waals surface area contributed by atoms with Crippen molar-refractivity contribution in [1.82, 2.24) is 9.21 Å². The molecule has 0 aromatic heterocycles. The Kier molecular flexibility index (Phi) is 6.86. The number of hydrogen-bond donors (Lipinski definition) is 0. The minimum atomic E-state index is -3.15. The Morgan fingerprint density at radius 3 is 2.87 bits per heavy atom. The Morgan fingerprint density at radius 1 is 1.39 bits per heavy atom. The molecule has 0 saturated carbocycles. The van der Waals surface area contributed by atoms with Crippen LogP contribution in [0.15, 0.2) is 0 Å². The van der Waals surface area contributed by atoms with Crippen LogP contribution in [0, 0.1) is 5.41 Å². The molecular formula is C16H32N2O4S. The fourth-order valence-electron chi connectivity index (χ4n) is 3.61. The molecule has 2 fully saturated rings. The van der Waals surface area contributed by atoms with Gasteiger partial charge in [0.2, 0.25) is 10.0 Å². The van der Waals surface area contributed by atoms with E-state index in [1.807, 2.05) is 21.0 Å². The van der Waals surface area contributed by atoms with Gasteiger partial charge in [0.1, 0.15) is 0 Å². The first-order valence-electron chi connectivity index (χ1n) is 8.71. The van der Waals surface area contributed by atoms with Gasteiger partial charge in [0, 0.05) is 31.7 Å². The maximum atomic E-state index is 12.5. The van der Waals surface area contributed by atoms with Gasteiger partial charge in [-0.3, -0.25) is 0 Å². The zero-order valence-electron chi connectivity index (χ0n) is 14.8. The summed E-state index contributed by atoms with van der Waals surface area (Å²) in [6.07, 6.45) is 3.53. The molecule has 2 saturated heterocycles. The molecule has 2 heterocycles. The summed E-state index contributed by atoms with van der Waals surface area (Å²) in [5.41, 5.74) is -0.177. The fourth-order valence-corrected chi connectivity index (χ4v) is 5.22. The third-order valence-corrected chi connectivity index (χ3v) is 6.90. The first kappa shape index (κ1) is 19.1. The largest absolute Gasteiger partial charge is 0.379 e. The van der Waals surface area contributed by atoms with Crippen LogP contribution in [0.25, 0.3) is 0 Å². The molecular weight excluding hydrogens is 316 g/mol. The van der Waals surface area contributed by atoms with Crippen LogP contribution < -0.4 is 0 Å². The average molecular weight is 349 g/mol. The monoisotopic (exact) mass is 348 g/mol. The van der Waals surface area contributed by atoms with Gasteiger partial charge in [-0.15, -0.1) is 0 Å². The molecule has 0 radical (unpaired) electrons. The van der Waals surface area contributed by atoms with Crippen molar-refractivity contribution in [1.29, 1.82) is 0 Å². The molecule has 0 N–H and O–H groups in total. The van der Waals surface area contributed by atoms with Crippen LogP contribution in [-0.4, -0.2) is 83.0 Å². The second-order valence-corrected chi connectivity index (χ2v) is 9.21. The van der Waals surface area contributed by atoms with Gasteiger partial charge in [0.05, 0.1) is 25.1 Å². The highest BCUT2D eigenvalue weighted by Gasteiger charge is 2.48. The van der Waals surface area contributed by atoms with E-state index >= 15 is 0 Å². The molecule has 2 aliphatic heterocycles. The van der Waals surface area contributed by atoms with E-state index < -0.39 is 10.0 Å². The number of rotatable bonds is 8. The molecule has 6 nitrogen and oxygen atoms in total. The van der Waals surface area contributed by atoms with Crippen molar-refractivity contribution >= 4 is 10.0 Å². The SMILES string of the molecule is CCCS(=O)(=O)N1CC[C@H]2OCCC[C@@]2(COCCN(C)C)C1. The summed E-state index contributed by atoms with van der Waals surface area (Å²) < 4.78 is 38.5. The van der Waals surface area contributed by atoms with Crippen molar-refractivity contribution in [3.8, 4) is 0 Å². The summed E-state index contributed by atoms with van der Waals surface area (Å²) in [5, 5.41) is 0. The van der Waals surface area contributed by atoms with Crippen LogP contribution in [-0.2, 0) is 19.5 Å². The van der Waals surface area contributed by atoms with Crippen LogP contribution in [0.5, 0.6) is 0 Å². The Labute approximate surface area is 141 Å². The third kappa shape index (κ3) is 4.89. The van der Waals surface area contributed by atoms with Gasteiger partial charge in [0.15, 0.2) is 0 Å². The lowest BCUT2D eigenvalue weighted by Gasteiger charge is -2.49. The second-order valence-electron chi connectivity index (χ2n) is 7.12. The highest BCUT2D eigenvalue weighted by molar-refractivity contribution is 7.89. The van der Waals surface area contributed by atoms with Crippen LogP contribution >= 0.6 is 0 Å². The smallest absolute Gasteiger partial charge is 0.214 e. The van der Waals surface area contributed by atoms with E-state index in [-0.39, 0.29) is 17.3 Å². The Balaban J connectivity index is 2.04. The molecule has 2 atom stereocenters. The summed E-state index contributed by atoms with van der Waals surface area (Å²) >= 11 is 0. The first-order valence-corrected chi connectivity index (χ1v) is 10.3. The van der Waals surface area contributed by atoms with Crippen molar-refractivity contribution in [2.45, 2.75) is 38.7 Å². The van der Waals surface area contributed by atoms with Gasteiger partial charge < -0.3 is 14.4 Å². The Morgan fingerprint density at radius 2 is 2.17 bits per heavy atom. The predicted molar refractivity (Wildman–Crippen MR) is 91.0 cm³/mol. The lowest BCUT2D eigenvalue weighted by Crippen LogP contribution is -2.58. The molecule has 0 spiro atoms. The Hall–Kier alpha value is -0.210. The van der Waals surface area contributed by atoms with E-state index in [2.05, 4.69) is 4.90 Å². The molecule has 0 unspecified atom stereocenters. The summed E-state index contributed by atoms with van der Waals surface area (Å²) in [7, 11) is 0.891. The zero-order chi connectivity index (χ0) is 16.9. The molecule has 2 rings (SSSR count). The zero-order valence-corrected chi connectivity index (χ0v) is 15.6. The van der Waals surface area contributed by atoms with Gasteiger partial charge in [-0.05, 0) is 39.8 Å². The van der Waals surface area contributed by atoms with Gasteiger partial charge in [-0.2, -0.15) is 0 Å². The lowest BCUT2D eigenvalue weighted by atomic mass is 9.73. The highest BCUT2D eigenvalue weighted by Crippen LogP contribution is 2.41. The molecule has 0 aliphatic carbocycles. The highest BCUT2D eigenvalue weighted by atomic mass is 32.2. The van der Waals surface area contributed by atoms with Crippen molar-refractivity contribution < 1.29 is 17.9 Å². The summed E-state index contributed by atoms with van der Waals surface area (Å²) in [4.78, 5) is 2.09. The number of ether oxygens (including phenoxy) is 2. The first-order chi connectivity index (χ1) is 10.9. The van der Waals surface area contributed by atoms with E-state index in [9.17, 15) is 8.42 Å². The molecule has 0 bridgehead atoms. The summed E-state index contributed by atoms with van der Waals surface area (Å²) in [6, 6.07) is 0. The summed E-state index contributed by atoms with van der Waals surface area (Å²) in [6.45, 7) is 5.95. The van der Waals surface area contributed by atoms with E-state index in [0.717, 1.165) is 32.4 Å². The number of piperidine rings is 1. The second kappa shape index (κ2) is 8.25. The quantitative estimate of drug-likeness (QED) is 0.617. The normalized spacial score (nSPS) is 29.7. The fraction of sp³-hybridized carbons (Fsp3) is 1.00. The van der Waals surface area contributed by atoms with Gasteiger partial charge in [-0.1, -0.05) is 6.92 Å². The topological polar surface area (TPSA) is 59.1 Å². The molecule has 0 aromatic carbocycles. The maximum absolute atomic E-state index is 12.5. The van der Waals surface area contributed by atoms with E-state index in [0.29, 0.717) is 32.7 Å². The van der Waals surface area contributed by atoms with Crippen molar-refractivity contribution in [2.75, 3.05) is 59.3 Å². The number of sulfonamides is 1. The lowest BCUT2D eigenvalue weighted by molar-refractivity contribution is -0.142. The standard InChI is InChI=1S/C16H32N2O4S/c1-4-12-23(19,20)18-8-6-15-16(13-18,7-5-10-22-15)14-21-11-9-17(2)3/h15H,4-14H2,1-3H3/t15-,16+/m1/s1. The number of fused-ring (bicyclic) bond motifs is 1. The minimum absolute atomic E-state index is 0.128. The van der Waals surface area contributed by atoms with Crippen LogP contribution in [0.4, 0.5) is 0 Å². The summed E-state index contributed by atoms with van der Waals surface area (Å²) in [5.74, 6) is 0.232. The van der Waals surface area contributed by atoms with E-state index in [4.69, 9.17) is 9.47 Å². The number of hydrogen-bond acceptors (Lipinski definition) is 5. The molecule has 136 valence electrons. The van der Waals surface area contributed by atoms with Crippen molar-refractivity contribution in [3.63, 3.8) is 0 Å². The van der Waals surface area contributed by atoms with Crippen LogP contribution in [0.3, 0.4) is 0 Å². The van der Waals surface area contributed by atoms with Gasteiger partial charge in [-0.25, -0.2) is 12.7 Å².